The Hall–Kier alpha value is -5.33. The highest BCUT2D eigenvalue weighted by atomic mass is 35.5. The van der Waals surface area contributed by atoms with E-state index in [1.165, 1.54) is 6.20 Å². The Morgan fingerprint density at radius 2 is 1.70 bits per heavy atom. The highest BCUT2D eigenvalue weighted by Crippen LogP contribution is 2.55. The standard InChI is InChI=1S/C41H48ClN11O4/c1-40(2)37(41(3,4)38(40)57-28-19-30(42)31(20-43)45-23-28)49-36(55)34-46-21-27(22-47-34)51-15-6-25(7-16-51)24-50-13-8-26(9-14-50)52-17-10-29-32(5-12-44-35(29)52)53-18-11-33(54)48-39(53)56/h5,10,12,17,19,21-23,25-26,37-38H,6-9,11,13-16,18,24H2,1-4H3,(H,49,55)(H,48,54,56)/t37-,38-. The fourth-order valence-corrected chi connectivity index (χ4v) is 9.99. The second kappa shape index (κ2) is 15.2. The van der Waals surface area contributed by atoms with E-state index >= 15 is 0 Å². The lowest BCUT2D eigenvalue weighted by molar-refractivity contribution is -0.164. The zero-order valence-corrected chi connectivity index (χ0v) is 33.5. The van der Waals surface area contributed by atoms with Crippen LogP contribution in [0.2, 0.25) is 5.02 Å². The van der Waals surface area contributed by atoms with Gasteiger partial charge >= 0.3 is 6.03 Å². The van der Waals surface area contributed by atoms with Gasteiger partial charge in [-0.1, -0.05) is 39.3 Å². The highest BCUT2D eigenvalue weighted by Gasteiger charge is 2.64. The summed E-state index contributed by atoms with van der Waals surface area (Å²) in [6, 6.07) is 7.18. The second-order valence-electron chi connectivity index (χ2n) is 16.9. The molecule has 298 valence electrons. The number of fused-ring (bicyclic) bond motifs is 1. The number of pyridine rings is 2. The summed E-state index contributed by atoms with van der Waals surface area (Å²) >= 11 is 6.18. The molecule has 0 radical (unpaired) electrons. The lowest BCUT2D eigenvalue weighted by Gasteiger charge is -2.62. The van der Waals surface area contributed by atoms with Crippen LogP contribution in [0.15, 0.2) is 49.2 Å². The van der Waals surface area contributed by atoms with Crippen molar-refractivity contribution in [3.63, 3.8) is 0 Å². The van der Waals surface area contributed by atoms with Crippen LogP contribution in [0.25, 0.3) is 11.0 Å². The van der Waals surface area contributed by atoms with Crippen molar-refractivity contribution >= 4 is 51.9 Å². The maximum Gasteiger partial charge on any atom is 0.328 e. The highest BCUT2D eigenvalue weighted by molar-refractivity contribution is 6.31. The first-order chi connectivity index (χ1) is 27.3. The van der Waals surface area contributed by atoms with Crippen LogP contribution in [0.4, 0.5) is 16.2 Å². The molecule has 8 rings (SSSR count). The molecule has 1 saturated carbocycles. The number of halogens is 1. The Morgan fingerprint density at radius 3 is 2.37 bits per heavy atom. The Morgan fingerprint density at radius 1 is 0.982 bits per heavy atom. The number of likely N-dealkylation sites (tertiary alicyclic amines) is 1. The van der Waals surface area contributed by atoms with Crippen molar-refractivity contribution in [2.75, 3.05) is 49.1 Å². The van der Waals surface area contributed by atoms with Crippen LogP contribution in [0.5, 0.6) is 5.75 Å². The number of nitrogens with zero attached hydrogens (tertiary/aromatic N) is 9. The Bertz CT molecular complexity index is 2200. The van der Waals surface area contributed by atoms with E-state index in [9.17, 15) is 14.4 Å². The Kier molecular flexibility index (Phi) is 10.3. The molecule has 15 nitrogen and oxygen atoms in total. The van der Waals surface area contributed by atoms with Crippen molar-refractivity contribution in [3.05, 3.63) is 65.7 Å². The van der Waals surface area contributed by atoms with Crippen molar-refractivity contribution in [1.29, 1.82) is 5.26 Å². The SMILES string of the molecule is CC1(C)[C@H](NC(=O)c2ncc(N3CCC(CN4CCC(n5ccc6c(N7CCC(=O)NC7=O)ccnc65)CC4)CC3)cn2)C(C)(C)[C@H]1Oc1cnc(C#N)c(Cl)c1. The minimum atomic E-state index is -0.418. The molecular formula is C41H48ClN11O4. The van der Waals surface area contributed by atoms with Crippen molar-refractivity contribution < 1.29 is 19.1 Å². The van der Waals surface area contributed by atoms with Gasteiger partial charge in [-0.15, -0.1) is 0 Å². The van der Waals surface area contributed by atoms with E-state index in [2.05, 4.69) is 46.1 Å². The number of nitriles is 1. The lowest BCUT2D eigenvalue weighted by Crippen LogP contribution is -2.74. The number of piperidine rings is 2. The van der Waals surface area contributed by atoms with Crippen molar-refractivity contribution in [2.24, 2.45) is 16.7 Å². The average molecular weight is 794 g/mol. The number of hydrogen-bond acceptors (Lipinski definition) is 11. The van der Waals surface area contributed by atoms with Gasteiger partial charge in [0.15, 0.2) is 5.69 Å². The normalized spacial score (nSPS) is 22.8. The molecule has 0 atom stereocenters. The van der Waals surface area contributed by atoms with Gasteiger partial charge in [-0.2, -0.15) is 5.26 Å². The third kappa shape index (κ3) is 7.36. The number of imide groups is 1. The van der Waals surface area contributed by atoms with E-state index in [1.54, 1.807) is 29.6 Å². The molecule has 4 aromatic heterocycles. The number of hydrogen-bond donors (Lipinski definition) is 2. The summed E-state index contributed by atoms with van der Waals surface area (Å²) in [4.78, 5) is 61.9. The second-order valence-corrected chi connectivity index (χ2v) is 17.3. The number of rotatable bonds is 9. The fourth-order valence-electron chi connectivity index (χ4n) is 9.79. The van der Waals surface area contributed by atoms with Gasteiger partial charge in [0.2, 0.25) is 11.7 Å². The monoisotopic (exact) mass is 793 g/mol. The molecule has 0 bridgehead atoms. The molecule has 4 fully saturated rings. The van der Waals surface area contributed by atoms with Gasteiger partial charge in [0.1, 0.15) is 23.6 Å². The van der Waals surface area contributed by atoms with Crippen LogP contribution >= 0.6 is 11.6 Å². The molecule has 3 saturated heterocycles. The Labute approximate surface area is 336 Å². The van der Waals surface area contributed by atoms with E-state index in [0.29, 0.717) is 24.3 Å². The zero-order chi connectivity index (χ0) is 40.1. The third-order valence-corrected chi connectivity index (χ3v) is 12.8. The summed E-state index contributed by atoms with van der Waals surface area (Å²) in [5.41, 5.74) is 1.88. The van der Waals surface area contributed by atoms with Crippen LogP contribution < -0.4 is 25.2 Å². The van der Waals surface area contributed by atoms with E-state index in [1.807, 2.05) is 45.9 Å². The van der Waals surface area contributed by atoms with E-state index in [4.69, 9.17) is 26.6 Å². The minimum Gasteiger partial charge on any atom is -0.487 e. The predicted molar refractivity (Wildman–Crippen MR) is 214 cm³/mol. The molecule has 0 spiro atoms. The molecule has 0 unspecified atom stereocenters. The first-order valence-electron chi connectivity index (χ1n) is 19.7. The van der Waals surface area contributed by atoms with Crippen LogP contribution in [0, 0.1) is 28.1 Å². The van der Waals surface area contributed by atoms with Gasteiger partial charge in [-0.3, -0.25) is 19.8 Å². The van der Waals surface area contributed by atoms with Gasteiger partial charge in [-0.25, -0.2) is 24.7 Å². The molecule has 16 heteroatoms. The van der Waals surface area contributed by atoms with E-state index in [0.717, 1.165) is 80.8 Å². The predicted octanol–water partition coefficient (Wildman–Crippen LogP) is 5.36. The van der Waals surface area contributed by atoms with Gasteiger partial charge in [-0.05, 0) is 43.7 Å². The van der Waals surface area contributed by atoms with E-state index < -0.39 is 10.8 Å². The molecule has 0 aromatic carbocycles. The third-order valence-electron chi connectivity index (χ3n) is 12.5. The first-order valence-corrected chi connectivity index (χ1v) is 20.1. The zero-order valence-electron chi connectivity index (χ0n) is 32.7. The summed E-state index contributed by atoms with van der Waals surface area (Å²) in [6.07, 6.45) is 13.1. The summed E-state index contributed by atoms with van der Waals surface area (Å²) in [5, 5.41) is 15.9. The minimum absolute atomic E-state index is 0.132. The molecular weight excluding hydrogens is 746 g/mol. The topological polar surface area (TPSA) is 174 Å². The number of urea groups is 1. The van der Waals surface area contributed by atoms with Gasteiger partial charge in [0, 0.05) is 92.4 Å². The van der Waals surface area contributed by atoms with Gasteiger partial charge in [0.25, 0.3) is 5.91 Å². The number of carbonyl (C=O) groups is 3. The quantitative estimate of drug-likeness (QED) is 0.223. The van der Waals surface area contributed by atoms with Crippen molar-refractivity contribution in [1.82, 2.24) is 40.0 Å². The summed E-state index contributed by atoms with van der Waals surface area (Å²) < 4.78 is 8.56. The van der Waals surface area contributed by atoms with E-state index in [-0.39, 0.29) is 53.0 Å². The first kappa shape index (κ1) is 38.5. The molecule has 7 heterocycles. The molecule has 2 N–H and O–H groups in total. The Balaban J connectivity index is 0.800. The number of ether oxygens (including phenoxy) is 1. The van der Waals surface area contributed by atoms with Crippen LogP contribution in [-0.2, 0) is 4.79 Å². The van der Waals surface area contributed by atoms with Gasteiger partial charge < -0.3 is 24.4 Å². The smallest absolute Gasteiger partial charge is 0.328 e. The molecule has 1 aliphatic carbocycles. The molecule has 4 aliphatic rings. The number of aromatic nitrogens is 5. The molecule has 3 aliphatic heterocycles. The number of anilines is 2. The largest absolute Gasteiger partial charge is 0.487 e. The number of carbonyl (C=O) groups excluding carboxylic acids is 3. The summed E-state index contributed by atoms with van der Waals surface area (Å²) in [6.45, 7) is 13.5. The fraction of sp³-hybridized carbons (Fsp3) is 0.512. The average Bonchev–Trinajstić information content (AvgIpc) is 3.64. The molecule has 4 amide bonds. The lowest BCUT2D eigenvalue weighted by atomic mass is 9.49. The molecule has 57 heavy (non-hydrogen) atoms. The molecule has 4 aromatic rings. The summed E-state index contributed by atoms with van der Waals surface area (Å²) in [7, 11) is 0. The number of nitrogens with one attached hydrogen (secondary N) is 2. The van der Waals surface area contributed by atoms with Crippen molar-refractivity contribution in [2.45, 2.75) is 78.0 Å². The van der Waals surface area contributed by atoms with Crippen molar-refractivity contribution in [3.8, 4) is 11.8 Å². The maximum absolute atomic E-state index is 13.4. The van der Waals surface area contributed by atoms with Crippen LogP contribution in [-0.4, -0.2) is 98.7 Å². The van der Waals surface area contributed by atoms with Gasteiger partial charge in [0.05, 0.1) is 35.0 Å². The van der Waals surface area contributed by atoms with Crippen LogP contribution in [0.1, 0.15) is 82.2 Å². The number of amides is 4. The van der Waals surface area contributed by atoms with Crippen LogP contribution in [0.3, 0.4) is 0 Å². The summed E-state index contributed by atoms with van der Waals surface area (Å²) in [5.74, 6) is 0.644. The maximum atomic E-state index is 13.4.